The van der Waals surface area contributed by atoms with E-state index in [-0.39, 0.29) is 40.7 Å². The lowest BCUT2D eigenvalue weighted by Crippen LogP contribution is -2.35. The molecule has 49 heavy (non-hydrogen) atoms. The summed E-state index contributed by atoms with van der Waals surface area (Å²) in [5, 5.41) is 33.8. The monoisotopic (exact) mass is 678 g/mol. The first-order valence-corrected chi connectivity index (χ1v) is 16.3. The molecule has 13 heteroatoms. The second kappa shape index (κ2) is 15.1. The highest BCUT2D eigenvalue weighted by Gasteiger charge is 2.30. The summed E-state index contributed by atoms with van der Waals surface area (Å²) >= 11 is 0. The number of phenols is 2. The van der Waals surface area contributed by atoms with Crippen LogP contribution in [-0.2, 0) is 17.8 Å². The first-order valence-electron chi connectivity index (χ1n) is 16.3. The Morgan fingerprint density at radius 2 is 1.69 bits per heavy atom. The number of carbonyl (C=O) groups excluding carboxylic acids is 2. The average molecular weight is 679 g/mol. The molecule has 0 spiro atoms. The number of hydrogen-bond donors (Lipinski definition) is 4. The summed E-state index contributed by atoms with van der Waals surface area (Å²) in [5.74, 6) is -1.51. The normalized spacial score (nSPS) is 14.9. The van der Waals surface area contributed by atoms with E-state index in [0.717, 1.165) is 50.0 Å². The molecule has 10 nitrogen and oxygen atoms in total. The molecule has 2 amide bonds. The van der Waals surface area contributed by atoms with Crippen molar-refractivity contribution in [1.29, 1.82) is 0 Å². The van der Waals surface area contributed by atoms with E-state index in [1.165, 1.54) is 22.3 Å². The molecule has 260 valence electrons. The molecular weight excluding hydrogens is 637 g/mol. The van der Waals surface area contributed by atoms with Crippen LogP contribution in [0.4, 0.5) is 13.2 Å². The quantitative estimate of drug-likeness (QED) is 0.135. The fraction of sp³-hybridized carbons (Fsp3) is 0.389. The van der Waals surface area contributed by atoms with Crippen molar-refractivity contribution >= 4 is 12.3 Å². The van der Waals surface area contributed by atoms with E-state index in [1.807, 2.05) is 50.4 Å². The van der Waals surface area contributed by atoms with E-state index in [2.05, 4.69) is 32.5 Å². The number of rotatable bonds is 12. The Hall–Kier alpha value is -4.91. The molecule has 0 bridgehead atoms. The number of nitrogens with zero attached hydrogens (tertiary/aromatic N) is 4. The molecule has 2 heterocycles. The van der Waals surface area contributed by atoms with Gasteiger partial charge in [0.1, 0.15) is 18.0 Å². The maximum atomic E-state index is 12.9. The minimum Gasteiger partial charge on any atom is -0.508 e. The van der Waals surface area contributed by atoms with Gasteiger partial charge in [0, 0.05) is 18.3 Å². The van der Waals surface area contributed by atoms with Crippen LogP contribution in [0.2, 0.25) is 0 Å². The summed E-state index contributed by atoms with van der Waals surface area (Å²) in [6.45, 7) is 6.85. The Balaban J connectivity index is 1.32. The number of halogens is 3. The fourth-order valence-electron chi connectivity index (χ4n) is 6.23. The summed E-state index contributed by atoms with van der Waals surface area (Å²) in [6.07, 6.45) is -1.04. The van der Waals surface area contributed by atoms with Crippen molar-refractivity contribution < 1.29 is 33.0 Å². The van der Waals surface area contributed by atoms with Crippen molar-refractivity contribution in [1.82, 2.24) is 30.3 Å². The summed E-state index contributed by atoms with van der Waals surface area (Å²) in [5.41, 5.74) is 4.44. The third-order valence-electron chi connectivity index (χ3n) is 8.92. The molecule has 0 radical (unpaired) electrons. The van der Waals surface area contributed by atoms with Gasteiger partial charge in [0.25, 0.3) is 5.91 Å². The number of hydrogen-bond acceptors (Lipinski definition) is 7. The van der Waals surface area contributed by atoms with E-state index in [1.54, 1.807) is 12.1 Å². The van der Waals surface area contributed by atoms with Gasteiger partial charge in [-0.25, -0.2) is 0 Å². The standard InChI is InChI=1S/C36H41F3N6O4/c1-22(2)29-17-30(32(48)18-31(29)47)33-42-43-34(35(49)40-20-36(37,38)39)45(33)28-9-7-24(8-10-28)15-25-11-13-44(14-12-25)19-26-5-4-6-27(16-26)23(3)41-21-46/h4-10,16-18,21-23,25,47-48H,11-15,19-20H2,1-3H3,(H,40,49)(H,41,46). The molecule has 5 rings (SSSR count). The van der Waals surface area contributed by atoms with Crippen molar-refractivity contribution in [3.05, 3.63) is 88.7 Å². The second-order valence-electron chi connectivity index (χ2n) is 12.9. The van der Waals surface area contributed by atoms with Gasteiger partial charge in [-0.1, -0.05) is 50.2 Å². The van der Waals surface area contributed by atoms with Gasteiger partial charge >= 0.3 is 6.18 Å². The highest BCUT2D eigenvalue weighted by molar-refractivity contribution is 5.92. The van der Waals surface area contributed by atoms with Gasteiger partial charge in [-0.3, -0.25) is 19.1 Å². The number of benzene rings is 3. The van der Waals surface area contributed by atoms with E-state index in [4.69, 9.17) is 0 Å². The smallest absolute Gasteiger partial charge is 0.405 e. The van der Waals surface area contributed by atoms with Gasteiger partial charge in [-0.2, -0.15) is 13.2 Å². The second-order valence-corrected chi connectivity index (χ2v) is 12.9. The third kappa shape index (κ3) is 8.77. The van der Waals surface area contributed by atoms with Crippen LogP contribution in [0, 0.1) is 5.92 Å². The van der Waals surface area contributed by atoms with Crippen LogP contribution in [0.1, 0.15) is 78.4 Å². The number of phenolic OH excluding ortho intramolecular Hbond substituents is 2. The number of likely N-dealkylation sites (tertiary alicyclic amines) is 1. The first-order chi connectivity index (χ1) is 23.3. The van der Waals surface area contributed by atoms with Gasteiger partial charge in [0.05, 0.1) is 11.6 Å². The van der Waals surface area contributed by atoms with Crippen LogP contribution in [0.3, 0.4) is 0 Å². The molecule has 1 atom stereocenters. The zero-order chi connectivity index (χ0) is 35.3. The Labute approximate surface area is 283 Å². The summed E-state index contributed by atoms with van der Waals surface area (Å²) in [4.78, 5) is 26.2. The molecule has 1 saturated heterocycles. The lowest BCUT2D eigenvalue weighted by Gasteiger charge is -2.32. The summed E-state index contributed by atoms with van der Waals surface area (Å²) < 4.78 is 40.1. The Kier molecular flexibility index (Phi) is 10.9. The van der Waals surface area contributed by atoms with Crippen molar-refractivity contribution in [2.75, 3.05) is 19.6 Å². The lowest BCUT2D eigenvalue weighted by molar-refractivity contribution is -0.123. The first kappa shape index (κ1) is 35.4. The molecule has 1 unspecified atom stereocenters. The van der Waals surface area contributed by atoms with Gasteiger partial charge in [0.2, 0.25) is 12.2 Å². The molecule has 4 aromatic rings. The van der Waals surface area contributed by atoms with Crippen molar-refractivity contribution in [2.45, 2.75) is 64.7 Å². The number of amides is 2. The molecule has 1 fully saturated rings. The summed E-state index contributed by atoms with van der Waals surface area (Å²) in [7, 11) is 0. The predicted molar refractivity (Wildman–Crippen MR) is 178 cm³/mol. The number of carbonyl (C=O) groups is 2. The van der Waals surface area contributed by atoms with Gasteiger partial charge < -0.3 is 20.8 Å². The number of aromatic nitrogens is 3. The van der Waals surface area contributed by atoms with E-state index < -0.39 is 18.6 Å². The van der Waals surface area contributed by atoms with Gasteiger partial charge in [-0.05, 0) is 91.6 Å². The lowest BCUT2D eigenvalue weighted by atomic mass is 9.90. The van der Waals surface area contributed by atoms with E-state index in [9.17, 15) is 33.0 Å². The van der Waals surface area contributed by atoms with Crippen molar-refractivity contribution in [2.24, 2.45) is 5.92 Å². The van der Waals surface area contributed by atoms with Crippen LogP contribution in [-0.4, -0.2) is 68.0 Å². The zero-order valence-electron chi connectivity index (χ0n) is 27.7. The highest BCUT2D eigenvalue weighted by Crippen LogP contribution is 2.38. The molecule has 1 aliphatic rings. The average Bonchev–Trinajstić information content (AvgIpc) is 3.50. The fourth-order valence-corrected chi connectivity index (χ4v) is 6.23. The van der Waals surface area contributed by atoms with Crippen molar-refractivity contribution in [3.8, 4) is 28.6 Å². The van der Waals surface area contributed by atoms with Crippen LogP contribution >= 0.6 is 0 Å². The minimum atomic E-state index is -4.62. The topological polar surface area (TPSA) is 133 Å². The number of aromatic hydroxyl groups is 2. The molecular formula is C36H41F3N6O4. The molecule has 0 aliphatic carbocycles. The van der Waals surface area contributed by atoms with Crippen LogP contribution in [0.25, 0.3) is 17.1 Å². The minimum absolute atomic E-state index is 0.0386. The van der Waals surface area contributed by atoms with Crippen molar-refractivity contribution in [3.63, 3.8) is 0 Å². The number of nitrogens with one attached hydrogen (secondary N) is 2. The Morgan fingerprint density at radius 3 is 2.35 bits per heavy atom. The highest BCUT2D eigenvalue weighted by atomic mass is 19.4. The molecule has 4 N–H and O–H groups in total. The van der Waals surface area contributed by atoms with Crippen LogP contribution in [0.5, 0.6) is 11.5 Å². The van der Waals surface area contributed by atoms with E-state index >= 15 is 0 Å². The molecule has 0 saturated carbocycles. The van der Waals surface area contributed by atoms with Crippen LogP contribution in [0.15, 0.2) is 60.7 Å². The zero-order valence-corrected chi connectivity index (χ0v) is 27.7. The Morgan fingerprint density at radius 1 is 0.980 bits per heavy atom. The number of alkyl halides is 3. The molecule has 3 aromatic carbocycles. The summed E-state index contributed by atoms with van der Waals surface area (Å²) in [6, 6.07) is 18.3. The predicted octanol–water partition coefficient (Wildman–Crippen LogP) is 6.02. The largest absolute Gasteiger partial charge is 0.508 e. The van der Waals surface area contributed by atoms with Gasteiger partial charge in [-0.15, -0.1) is 10.2 Å². The third-order valence-corrected chi connectivity index (χ3v) is 8.92. The molecule has 1 aliphatic heterocycles. The molecule has 1 aromatic heterocycles. The van der Waals surface area contributed by atoms with Gasteiger partial charge in [0.15, 0.2) is 5.82 Å². The maximum Gasteiger partial charge on any atom is 0.405 e. The maximum absolute atomic E-state index is 12.9. The Bertz CT molecular complexity index is 1770. The van der Waals surface area contributed by atoms with Crippen LogP contribution < -0.4 is 10.6 Å². The SMILES string of the molecule is CC(C)c1cc(-c2nnc(C(=O)NCC(F)(F)F)n2-c2ccc(CC3CCN(Cc4cccc(C(C)NC=O)c4)CC3)cc2)c(O)cc1O. The number of piperidine rings is 1. The van der Waals surface area contributed by atoms with E-state index in [0.29, 0.717) is 23.6 Å².